The molecule has 0 bridgehead atoms. The third-order valence-corrected chi connectivity index (χ3v) is 13.2. The van der Waals surface area contributed by atoms with Gasteiger partial charge in [0.05, 0.1) is 0 Å². The summed E-state index contributed by atoms with van der Waals surface area (Å²) in [6.07, 6.45) is 15.2. The molecule has 0 N–H and O–H groups in total. The van der Waals surface area contributed by atoms with Crippen molar-refractivity contribution in [1.29, 1.82) is 0 Å². The van der Waals surface area contributed by atoms with Crippen LogP contribution in [0.5, 0.6) is 0 Å². The third kappa shape index (κ3) is 13.3. The van der Waals surface area contributed by atoms with E-state index in [0.717, 1.165) is 34.8 Å². The first kappa shape index (κ1) is 31.2. The Labute approximate surface area is 226 Å². The number of rotatable bonds is 16. The lowest BCUT2D eigenvalue weighted by Crippen LogP contribution is -2.31. The summed E-state index contributed by atoms with van der Waals surface area (Å²) in [5.74, 6) is 0. The highest BCUT2D eigenvalue weighted by Crippen LogP contribution is 2.46. The summed E-state index contributed by atoms with van der Waals surface area (Å²) < 4.78 is 2.19. The van der Waals surface area contributed by atoms with Crippen molar-refractivity contribution in [2.24, 2.45) is 0 Å². The molecule has 32 heavy (non-hydrogen) atoms. The van der Waals surface area contributed by atoms with E-state index >= 15 is 0 Å². The number of thiocarbonyl (C=S) groups is 2. The fourth-order valence-electron chi connectivity index (χ4n) is 3.58. The van der Waals surface area contributed by atoms with Crippen molar-refractivity contribution in [1.82, 2.24) is 9.80 Å². The van der Waals surface area contributed by atoms with E-state index in [1.807, 2.05) is 43.2 Å². The molecule has 8 heteroatoms. The molecule has 0 aliphatic heterocycles. The monoisotopic (exact) mass is 554 g/mol. The predicted octanol–water partition coefficient (Wildman–Crippen LogP) is 9.43. The van der Waals surface area contributed by atoms with E-state index in [1.54, 1.807) is 0 Å². The topological polar surface area (TPSA) is 6.48 Å². The van der Waals surface area contributed by atoms with Crippen molar-refractivity contribution in [2.45, 2.75) is 115 Å². The Morgan fingerprint density at radius 1 is 0.625 bits per heavy atom. The van der Waals surface area contributed by atoms with Gasteiger partial charge in [0, 0.05) is 36.7 Å². The van der Waals surface area contributed by atoms with E-state index in [-0.39, 0.29) is 0 Å². The Morgan fingerprint density at radius 3 is 1.22 bits per heavy atom. The third-order valence-electron chi connectivity index (χ3n) is 5.77. The minimum absolute atomic E-state index is 0.672. The molecule has 0 saturated heterocycles. The van der Waals surface area contributed by atoms with E-state index in [2.05, 4.69) is 37.5 Å². The van der Waals surface area contributed by atoms with Gasteiger partial charge >= 0.3 is 0 Å². The van der Waals surface area contributed by atoms with Crippen LogP contribution >= 0.6 is 67.6 Å². The van der Waals surface area contributed by atoms with Gasteiger partial charge in [-0.25, -0.2) is 0 Å². The van der Waals surface area contributed by atoms with Crippen molar-refractivity contribution in [3.05, 3.63) is 0 Å². The van der Waals surface area contributed by atoms with Crippen molar-refractivity contribution < 1.29 is 0 Å². The maximum atomic E-state index is 5.86. The van der Waals surface area contributed by atoms with Gasteiger partial charge in [-0.2, -0.15) is 0 Å². The van der Waals surface area contributed by atoms with Gasteiger partial charge in [-0.15, -0.1) is 0 Å². The van der Waals surface area contributed by atoms with Gasteiger partial charge in [0.25, 0.3) is 0 Å². The van der Waals surface area contributed by atoms with Crippen LogP contribution in [0, 0.1) is 0 Å². The van der Waals surface area contributed by atoms with E-state index < -0.39 is 0 Å². The van der Waals surface area contributed by atoms with Crippen LogP contribution in [0.1, 0.15) is 105 Å². The second-order valence-electron chi connectivity index (χ2n) is 8.64. The fourth-order valence-corrected chi connectivity index (χ4v) is 10.7. The lowest BCUT2D eigenvalue weighted by molar-refractivity contribution is 0.411. The number of hydrogen-bond donors (Lipinski definition) is 0. The molecule has 2 unspecified atom stereocenters. The molecule has 0 aromatic carbocycles. The van der Waals surface area contributed by atoms with Gasteiger partial charge in [-0.3, -0.25) is 0 Å². The normalized spacial score (nSPS) is 18.5. The zero-order valence-electron chi connectivity index (χ0n) is 20.8. The SMILES string of the molecule is CCCCN(CCCC)C(=S)SSC1CCCCC1SSC(=S)N(CCCC)CCCC. The highest BCUT2D eigenvalue weighted by Gasteiger charge is 2.28. The van der Waals surface area contributed by atoms with Crippen LogP contribution in [0.15, 0.2) is 0 Å². The van der Waals surface area contributed by atoms with Crippen LogP contribution in [0.3, 0.4) is 0 Å². The zero-order valence-corrected chi connectivity index (χ0v) is 25.7. The molecule has 0 radical (unpaired) electrons. The first-order valence-corrected chi connectivity index (χ1v) is 18.1. The van der Waals surface area contributed by atoms with Gasteiger partial charge in [0.15, 0.2) is 0 Å². The summed E-state index contributed by atoms with van der Waals surface area (Å²) in [6, 6.07) is 0. The lowest BCUT2D eigenvalue weighted by atomic mass is 10.00. The summed E-state index contributed by atoms with van der Waals surface area (Å²) >= 11 is 11.7. The first-order valence-electron chi connectivity index (χ1n) is 12.8. The van der Waals surface area contributed by atoms with E-state index in [0.29, 0.717) is 10.5 Å². The molecule has 0 aromatic heterocycles. The summed E-state index contributed by atoms with van der Waals surface area (Å²) in [7, 11) is 7.81. The Kier molecular flexibility index (Phi) is 19.9. The molecule has 1 aliphatic rings. The van der Waals surface area contributed by atoms with Crippen molar-refractivity contribution in [3.8, 4) is 0 Å². The summed E-state index contributed by atoms with van der Waals surface area (Å²) in [5.41, 5.74) is 0. The van der Waals surface area contributed by atoms with Crippen LogP contribution in [0.4, 0.5) is 0 Å². The van der Waals surface area contributed by atoms with Crippen LogP contribution in [-0.4, -0.2) is 55.1 Å². The second-order valence-corrected chi connectivity index (χ2v) is 14.8. The Morgan fingerprint density at radius 2 is 0.938 bits per heavy atom. The quantitative estimate of drug-likeness (QED) is 0.136. The average Bonchev–Trinajstić information content (AvgIpc) is 2.81. The average molecular weight is 555 g/mol. The van der Waals surface area contributed by atoms with Gasteiger partial charge in [0.1, 0.15) is 8.64 Å². The van der Waals surface area contributed by atoms with E-state index in [9.17, 15) is 0 Å². The van der Waals surface area contributed by atoms with Gasteiger partial charge in [0.2, 0.25) is 0 Å². The zero-order chi connectivity index (χ0) is 23.6. The molecule has 188 valence electrons. The standard InChI is InChI=1S/C24H46N2S6/c1-5-9-17-25(18-10-6-2)23(27)31-29-21-15-13-14-16-22(21)30-32-24(28)26(19-11-7-3)20-12-8-4/h21-22H,5-20H2,1-4H3. The molecular formula is C24H46N2S6. The Balaban J connectivity index is 2.55. The molecule has 0 aromatic rings. The summed E-state index contributed by atoms with van der Waals surface area (Å²) in [5, 5.41) is 1.34. The highest BCUT2D eigenvalue weighted by molar-refractivity contribution is 8.85. The van der Waals surface area contributed by atoms with Crippen LogP contribution in [0.2, 0.25) is 0 Å². The molecule has 1 rings (SSSR count). The molecule has 0 amide bonds. The second kappa shape index (κ2) is 20.4. The number of hydrogen-bond acceptors (Lipinski definition) is 6. The van der Waals surface area contributed by atoms with Crippen molar-refractivity contribution in [3.63, 3.8) is 0 Å². The van der Waals surface area contributed by atoms with E-state index in [1.165, 1.54) is 77.0 Å². The maximum absolute atomic E-state index is 5.86. The first-order chi connectivity index (χ1) is 15.6. The molecule has 0 heterocycles. The molecule has 1 fully saturated rings. The molecular weight excluding hydrogens is 509 g/mol. The molecule has 1 aliphatic carbocycles. The minimum atomic E-state index is 0.672. The van der Waals surface area contributed by atoms with Crippen molar-refractivity contribution >= 4 is 76.3 Å². The number of unbranched alkanes of at least 4 members (excludes halogenated alkanes) is 4. The maximum Gasteiger partial charge on any atom is 0.147 e. The molecule has 2 atom stereocenters. The van der Waals surface area contributed by atoms with Gasteiger partial charge in [-0.05, 0) is 60.1 Å². The fraction of sp³-hybridized carbons (Fsp3) is 0.917. The van der Waals surface area contributed by atoms with Gasteiger partial charge in [-0.1, -0.05) is 112 Å². The Hall–Kier alpha value is 1.18. The molecule has 1 saturated carbocycles. The van der Waals surface area contributed by atoms with Crippen molar-refractivity contribution in [2.75, 3.05) is 26.2 Å². The van der Waals surface area contributed by atoms with Gasteiger partial charge < -0.3 is 9.80 Å². The van der Waals surface area contributed by atoms with Crippen LogP contribution in [0.25, 0.3) is 0 Å². The highest BCUT2D eigenvalue weighted by atomic mass is 33.1. The largest absolute Gasteiger partial charge is 0.357 e. The van der Waals surface area contributed by atoms with Crippen LogP contribution in [-0.2, 0) is 0 Å². The predicted molar refractivity (Wildman–Crippen MR) is 164 cm³/mol. The Bertz CT molecular complexity index is 445. The lowest BCUT2D eigenvalue weighted by Gasteiger charge is -2.32. The van der Waals surface area contributed by atoms with E-state index in [4.69, 9.17) is 24.4 Å². The summed E-state index contributed by atoms with van der Waals surface area (Å²) in [4.78, 5) is 4.91. The molecule has 0 spiro atoms. The smallest absolute Gasteiger partial charge is 0.147 e. The number of nitrogens with zero attached hydrogens (tertiary/aromatic N) is 2. The summed E-state index contributed by atoms with van der Waals surface area (Å²) in [6.45, 7) is 13.5. The minimum Gasteiger partial charge on any atom is -0.357 e. The molecule has 2 nitrogen and oxygen atoms in total. The van der Waals surface area contributed by atoms with Crippen LogP contribution < -0.4 is 0 Å².